The van der Waals surface area contributed by atoms with Gasteiger partial charge in [-0.2, -0.15) is 0 Å². The average Bonchev–Trinajstić information content (AvgIpc) is 2.50. The lowest BCUT2D eigenvalue weighted by Gasteiger charge is -2.29. The molecule has 0 fully saturated rings. The molecule has 0 aromatic heterocycles. The summed E-state index contributed by atoms with van der Waals surface area (Å²) in [6.45, 7) is 9.97. The number of nitrogens with one attached hydrogen (secondary N) is 1. The van der Waals surface area contributed by atoms with Crippen LogP contribution in [0.5, 0.6) is 5.75 Å². The van der Waals surface area contributed by atoms with E-state index in [1.54, 1.807) is 37.3 Å². The van der Waals surface area contributed by atoms with Crippen LogP contribution in [0.25, 0.3) is 0 Å². The van der Waals surface area contributed by atoms with Crippen LogP contribution in [0, 0.1) is 5.92 Å². The molecule has 1 amide bonds. The molecule has 0 saturated carbocycles. The van der Waals surface area contributed by atoms with Gasteiger partial charge in [-0.25, -0.2) is 0 Å². The molecule has 0 aliphatic heterocycles. The molecule has 2 atom stereocenters. The lowest BCUT2D eigenvalue weighted by Crippen LogP contribution is -2.45. The van der Waals surface area contributed by atoms with Gasteiger partial charge in [0, 0.05) is 12.1 Å². The van der Waals surface area contributed by atoms with Crippen molar-refractivity contribution in [2.24, 2.45) is 5.92 Å². The van der Waals surface area contributed by atoms with Crippen LogP contribution in [0.15, 0.2) is 36.9 Å². The number of rotatable bonds is 8. The Kier molecular flexibility index (Phi) is 6.43. The number of aliphatic hydroxyl groups is 1. The molecule has 2 N–H and O–H groups in total. The first-order valence-corrected chi connectivity index (χ1v) is 7.25. The predicted octanol–water partition coefficient (Wildman–Crippen LogP) is 2.78. The summed E-state index contributed by atoms with van der Waals surface area (Å²) in [5.41, 5.74) is -0.363. The molecule has 2 unspecified atom stereocenters. The van der Waals surface area contributed by atoms with Crippen molar-refractivity contribution < 1.29 is 14.6 Å². The zero-order valence-electron chi connectivity index (χ0n) is 13.1. The van der Waals surface area contributed by atoms with Gasteiger partial charge in [0.25, 0.3) is 5.91 Å². The molecule has 21 heavy (non-hydrogen) atoms. The van der Waals surface area contributed by atoms with E-state index in [2.05, 4.69) is 11.9 Å². The van der Waals surface area contributed by atoms with Crippen molar-refractivity contribution >= 4 is 5.91 Å². The fourth-order valence-electron chi connectivity index (χ4n) is 1.83. The van der Waals surface area contributed by atoms with Crippen molar-refractivity contribution in [1.82, 2.24) is 5.32 Å². The van der Waals surface area contributed by atoms with Crippen molar-refractivity contribution in [2.75, 3.05) is 13.2 Å². The molecule has 4 heteroatoms. The molecule has 1 rings (SSSR count). The number of hydrogen-bond acceptors (Lipinski definition) is 3. The summed E-state index contributed by atoms with van der Waals surface area (Å²) in [6.07, 6.45) is 2.52. The van der Waals surface area contributed by atoms with Gasteiger partial charge in [0.2, 0.25) is 0 Å². The largest absolute Gasteiger partial charge is 0.490 e. The van der Waals surface area contributed by atoms with Crippen molar-refractivity contribution in [2.45, 2.75) is 32.8 Å². The first-order chi connectivity index (χ1) is 9.90. The van der Waals surface area contributed by atoms with Crippen LogP contribution in [-0.4, -0.2) is 29.8 Å². The molecule has 0 aliphatic rings. The molecule has 1 aromatic carbocycles. The van der Waals surface area contributed by atoms with E-state index in [9.17, 15) is 9.90 Å². The van der Waals surface area contributed by atoms with E-state index >= 15 is 0 Å². The maximum absolute atomic E-state index is 12.0. The predicted molar refractivity (Wildman–Crippen MR) is 84.5 cm³/mol. The summed E-state index contributed by atoms with van der Waals surface area (Å²) in [6, 6.07) is 6.88. The summed E-state index contributed by atoms with van der Waals surface area (Å²) >= 11 is 0. The van der Waals surface area contributed by atoms with Crippen LogP contribution in [0.3, 0.4) is 0 Å². The van der Waals surface area contributed by atoms with Gasteiger partial charge in [0.05, 0.1) is 5.60 Å². The quantitative estimate of drug-likeness (QED) is 0.724. The van der Waals surface area contributed by atoms with Gasteiger partial charge in [-0.3, -0.25) is 4.79 Å². The van der Waals surface area contributed by atoms with Crippen LogP contribution >= 0.6 is 0 Å². The molecule has 1 aromatic rings. The zero-order valence-corrected chi connectivity index (χ0v) is 13.1. The van der Waals surface area contributed by atoms with Crippen molar-refractivity contribution in [3.05, 3.63) is 42.5 Å². The molecule has 0 aliphatic carbocycles. The van der Waals surface area contributed by atoms with E-state index in [1.807, 2.05) is 13.8 Å². The minimum Gasteiger partial charge on any atom is -0.490 e. The Morgan fingerprint density at radius 2 is 2.10 bits per heavy atom. The number of ether oxygens (including phenoxy) is 1. The van der Waals surface area contributed by atoms with E-state index in [4.69, 9.17) is 4.74 Å². The number of carbonyl (C=O) groups is 1. The highest BCUT2D eigenvalue weighted by molar-refractivity contribution is 5.94. The minimum absolute atomic E-state index is 0.118. The minimum atomic E-state index is -0.905. The molecule has 4 nitrogen and oxygen atoms in total. The van der Waals surface area contributed by atoms with E-state index in [1.165, 1.54) is 0 Å². The zero-order chi connectivity index (χ0) is 15.9. The van der Waals surface area contributed by atoms with Gasteiger partial charge in [-0.05, 0) is 37.1 Å². The first kappa shape index (κ1) is 17.2. The average molecular weight is 291 g/mol. The highest BCUT2D eigenvalue weighted by Gasteiger charge is 2.27. The number of amides is 1. The second-order valence-corrected chi connectivity index (χ2v) is 5.47. The van der Waals surface area contributed by atoms with Crippen LogP contribution in [0.1, 0.15) is 37.6 Å². The SMILES string of the molecule is C=CCOc1ccc(C(=O)NCC(C)(O)C(C)CC)cc1. The molecular weight excluding hydrogens is 266 g/mol. The van der Waals surface area contributed by atoms with Gasteiger partial charge in [0.15, 0.2) is 0 Å². The van der Waals surface area contributed by atoms with Crippen molar-refractivity contribution in [1.29, 1.82) is 0 Å². The Hall–Kier alpha value is -1.81. The third-order valence-electron chi connectivity index (χ3n) is 3.77. The van der Waals surface area contributed by atoms with Gasteiger partial charge < -0.3 is 15.2 Å². The molecular formula is C17H25NO3. The number of carbonyl (C=O) groups excluding carboxylic acids is 1. The third kappa shape index (κ3) is 5.23. The first-order valence-electron chi connectivity index (χ1n) is 7.25. The maximum atomic E-state index is 12.0. The molecule has 0 saturated heterocycles. The number of benzene rings is 1. The second kappa shape index (κ2) is 7.84. The van der Waals surface area contributed by atoms with Crippen LogP contribution < -0.4 is 10.1 Å². The summed E-state index contributed by atoms with van der Waals surface area (Å²) in [7, 11) is 0. The monoisotopic (exact) mass is 291 g/mol. The Labute approximate surface area is 126 Å². The molecule has 0 spiro atoms. The summed E-state index contributed by atoms with van der Waals surface area (Å²) in [5, 5.41) is 13.0. The Morgan fingerprint density at radius 1 is 1.48 bits per heavy atom. The van der Waals surface area contributed by atoms with Gasteiger partial charge in [-0.1, -0.05) is 32.9 Å². The van der Waals surface area contributed by atoms with Gasteiger partial charge in [0.1, 0.15) is 12.4 Å². The highest BCUT2D eigenvalue weighted by atomic mass is 16.5. The highest BCUT2D eigenvalue weighted by Crippen LogP contribution is 2.19. The van der Waals surface area contributed by atoms with Crippen molar-refractivity contribution in [3.8, 4) is 5.75 Å². The summed E-state index contributed by atoms with van der Waals surface area (Å²) in [4.78, 5) is 12.0. The van der Waals surface area contributed by atoms with Gasteiger partial charge in [-0.15, -0.1) is 0 Å². The third-order valence-corrected chi connectivity index (χ3v) is 3.77. The van der Waals surface area contributed by atoms with E-state index in [0.29, 0.717) is 17.9 Å². The molecule has 0 radical (unpaired) electrons. The molecule has 0 heterocycles. The van der Waals surface area contributed by atoms with E-state index in [0.717, 1.165) is 6.42 Å². The normalized spacial score (nSPS) is 14.9. The van der Waals surface area contributed by atoms with E-state index < -0.39 is 5.60 Å². The molecule has 116 valence electrons. The van der Waals surface area contributed by atoms with Crippen LogP contribution in [0.4, 0.5) is 0 Å². The van der Waals surface area contributed by atoms with Crippen LogP contribution in [-0.2, 0) is 0 Å². The standard InChI is InChI=1S/C17H25NO3/c1-5-11-21-15-9-7-14(8-10-15)16(19)18-12-17(4,20)13(3)6-2/h5,7-10,13,20H,1,6,11-12H2,2-4H3,(H,18,19). The van der Waals surface area contributed by atoms with Crippen molar-refractivity contribution in [3.63, 3.8) is 0 Å². The Balaban J connectivity index is 2.57. The Morgan fingerprint density at radius 3 is 2.62 bits per heavy atom. The van der Waals surface area contributed by atoms with Gasteiger partial charge >= 0.3 is 0 Å². The lowest BCUT2D eigenvalue weighted by molar-refractivity contribution is 0.00592. The number of hydrogen-bond donors (Lipinski definition) is 2. The smallest absolute Gasteiger partial charge is 0.251 e. The second-order valence-electron chi connectivity index (χ2n) is 5.47. The topological polar surface area (TPSA) is 58.6 Å². The van der Waals surface area contributed by atoms with E-state index in [-0.39, 0.29) is 18.4 Å². The maximum Gasteiger partial charge on any atom is 0.251 e. The summed E-state index contributed by atoms with van der Waals surface area (Å²) < 4.78 is 5.36. The Bertz CT molecular complexity index is 465. The molecule has 0 bridgehead atoms. The van der Waals surface area contributed by atoms with Crippen LogP contribution in [0.2, 0.25) is 0 Å². The summed E-state index contributed by atoms with van der Waals surface area (Å²) in [5.74, 6) is 0.611. The fraction of sp³-hybridized carbons (Fsp3) is 0.471. The lowest BCUT2D eigenvalue weighted by atomic mass is 9.88. The fourth-order valence-corrected chi connectivity index (χ4v) is 1.83.